The zero-order valence-corrected chi connectivity index (χ0v) is 14.1. The summed E-state index contributed by atoms with van der Waals surface area (Å²) < 4.78 is 6.19. The van der Waals surface area contributed by atoms with Crippen LogP contribution in [0, 0.1) is 0 Å². The fourth-order valence-corrected chi connectivity index (χ4v) is 3.14. The lowest BCUT2D eigenvalue weighted by Gasteiger charge is -2.07. The maximum absolute atomic E-state index is 11.8. The van der Waals surface area contributed by atoms with Crippen LogP contribution in [0.2, 0.25) is 0 Å². The largest absolute Gasteiger partial charge is 0.507 e. The predicted octanol–water partition coefficient (Wildman–Crippen LogP) is 4.19. The minimum Gasteiger partial charge on any atom is -0.507 e. The summed E-state index contributed by atoms with van der Waals surface area (Å²) in [7, 11) is 1.61. The molecule has 24 heavy (non-hydrogen) atoms. The van der Waals surface area contributed by atoms with Crippen LogP contribution >= 0.6 is 11.3 Å². The van der Waals surface area contributed by atoms with E-state index >= 15 is 0 Å². The Balaban J connectivity index is 2.02. The number of nitrogens with zero attached hydrogens (tertiary/aromatic N) is 1. The van der Waals surface area contributed by atoms with Gasteiger partial charge >= 0.3 is 0 Å². The standard InChI is InChI=1S/C18H16N2O3S/c1-10(2)17(22)19-11-4-6-15(21)13(8-11)18-20-14-9-12(23-3)5-7-16(14)24-18/h4-9,21H,1H2,2-3H3,(H,19,22). The highest BCUT2D eigenvalue weighted by Gasteiger charge is 2.13. The molecule has 2 N–H and O–H groups in total. The highest BCUT2D eigenvalue weighted by atomic mass is 32.1. The number of carbonyl (C=O) groups excluding carboxylic acids is 1. The summed E-state index contributed by atoms with van der Waals surface area (Å²) in [4.78, 5) is 16.3. The molecule has 0 radical (unpaired) electrons. The maximum Gasteiger partial charge on any atom is 0.250 e. The average molecular weight is 340 g/mol. The Morgan fingerprint density at radius 1 is 1.29 bits per heavy atom. The number of hydrogen-bond donors (Lipinski definition) is 2. The van der Waals surface area contributed by atoms with E-state index in [9.17, 15) is 9.90 Å². The molecule has 6 heteroatoms. The number of ether oxygens (including phenoxy) is 1. The number of aromatic hydroxyl groups is 1. The third-order valence-corrected chi connectivity index (χ3v) is 4.54. The van der Waals surface area contributed by atoms with Crippen molar-refractivity contribution in [1.29, 1.82) is 0 Å². The van der Waals surface area contributed by atoms with E-state index in [0.29, 0.717) is 21.8 Å². The molecule has 0 spiro atoms. The van der Waals surface area contributed by atoms with Crippen LogP contribution in [0.3, 0.4) is 0 Å². The number of anilines is 1. The van der Waals surface area contributed by atoms with E-state index in [1.807, 2.05) is 18.2 Å². The molecule has 0 saturated heterocycles. The van der Waals surface area contributed by atoms with Gasteiger partial charge in [-0.2, -0.15) is 0 Å². The van der Waals surface area contributed by atoms with Crippen LogP contribution in [0.4, 0.5) is 5.69 Å². The van der Waals surface area contributed by atoms with Crippen LogP contribution in [0.15, 0.2) is 48.6 Å². The summed E-state index contributed by atoms with van der Waals surface area (Å²) in [6.45, 7) is 5.25. The van der Waals surface area contributed by atoms with Crippen molar-refractivity contribution in [3.63, 3.8) is 0 Å². The van der Waals surface area contributed by atoms with E-state index in [-0.39, 0.29) is 11.7 Å². The minimum absolute atomic E-state index is 0.106. The lowest BCUT2D eigenvalue weighted by Crippen LogP contribution is -2.11. The van der Waals surface area contributed by atoms with Gasteiger partial charge in [-0.25, -0.2) is 4.98 Å². The number of rotatable bonds is 4. The summed E-state index contributed by atoms with van der Waals surface area (Å²) in [6, 6.07) is 10.5. The van der Waals surface area contributed by atoms with Gasteiger partial charge in [0.2, 0.25) is 0 Å². The Morgan fingerprint density at radius 2 is 2.08 bits per heavy atom. The van der Waals surface area contributed by atoms with Crippen LogP contribution < -0.4 is 10.1 Å². The van der Waals surface area contributed by atoms with Gasteiger partial charge in [-0.15, -0.1) is 11.3 Å². The van der Waals surface area contributed by atoms with Gasteiger partial charge in [0.25, 0.3) is 5.91 Å². The molecule has 0 fully saturated rings. The topological polar surface area (TPSA) is 71.5 Å². The number of phenols is 1. The third kappa shape index (κ3) is 3.09. The van der Waals surface area contributed by atoms with Crippen molar-refractivity contribution in [1.82, 2.24) is 4.98 Å². The number of fused-ring (bicyclic) bond motifs is 1. The van der Waals surface area contributed by atoms with Gasteiger partial charge < -0.3 is 15.2 Å². The number of phenolic OH excluding ortho intramolecular Hbond substituents is 1. The molecule has 0 aliphatic heterocycles. The molecule has 0 aliphatic rings. The molecule has 122 valence electrons. The Bertz CT molecular complexity index is 947. The van der Waals surface area contributed by atoms with Gasteiger partial charge in [0, 0.05) is 17.3 Å². The Kier molecular flexibility index (Phi) is 4.22. The summed E-state index contributed by atoms with van der Waals surface area (Å²) >= 11 is 1.46. The maximum atomic E-state index is 11.8. The lowest BCUT2D eigenvalue weighted by molar-refractivity contribution is -0.112. The number of amides is 1. The summed E-state index contributed by atoms with van der Waals surface area (Å²) in [5, 5.41) is 13.6. The van der Waals surface area contributed by atoms with E-state index in [1.165, 1.54) is 17.4 Å². The second kappa shape index (κ2) is 6.33. The first-order chi connectivity index (χ1) is 11.5. The number of carbonyl (C=O) groups is 1. The third-order valence-electron chi connectivity index (χ3n) is 3.47. The van der Waals surface area contributed by atoms with Crippen LogP contribution in [-0.2, 0) is 4.79 Å². The molecule has 0 unspecified atom stereocenters. The molecule has 1 aromatic heterocycles. The lowest BCUT2D eigenvalue weighted by atomic mass is 10.1. The van der Waals surface area contributed by atoms with Crippen molar-refractivity contribution in [2.45, 2.75) is 6.92 Å². The van der Waals surface area contributed by atoms with Gasteiger partial charge in [0.05, 0.1) is 22.9 Å². The van der Waals surface area contributed by atoms with Crippen LogP contribution in [0.1, 0.15) is 6.92 Å². The van der Waals surface area contributed by atoms with Gasteiger partial charge in [0.1, 0.15) is 16.5 Å². The molecule has 3 aromatic rings. The molecule has 0 saturated carbocycles. The monoisotopic (exact) mass is 340 g/mol. The Hall–Kier alpha value is -2.86. The highest BCUT2D eigenvalue weighted by molar-refractivity contribution is 7.21. The van der Waals surface area contributed by atoms with Crippen LogP contribution in [0.25, 0.3) is 20.8 Å². The Labute approximate surface area is 143 Å². The zero-order chi connectivity index (χ0) is 17.3. The van der Waals surface area contributed by atoms with Crippen molar-refractivity contribution >= 4 is 33.1 Å². The van der Waals surface area contributed by atoms with Gasteiger partial charge in [0.15, 0.2) is 0 Å². The second-order valence-corrected chi connectivity index (χ2v) is 6.35. The molecule has 5 nitrogen and oxygen atoms in total. The normalized spacial score (nSPS) is 10.6. The number of nitrogens with one attached hydrogen (secondary N) is 1. The minimum atomic E-state index is -0.263. The van der Waals surface area contributed by atoms with Crippen molar-refractivity contribution < 1.29 is 14.6 Å². The van der Waals surface area contributed by atoms with E-state index in [0.717, 1.165) is 16.0 Å². The first kappa shape index (κ1) is 16.0. The predicted molar refractivity (Wildman–Crippen MR) is 96.7 cm³/mol. The first-order valence-corrected chi connectivity index (χ1v) is 8.04. The molecule has 2 aromatic carbocycles. The molecule has 1 heterocycles. The van der Waals surface area contributed by atoms with Gasteiger partial charge in [-0.1, -0.05) is 6.58 Å². The summed E-state index contributed by atoms with van der Waals surface area (Å²) in [6.07, 6.45) is 0. The number of methoxy groups -OCH3 is 1. The smallest absolute Gasteiger partial charge is 0.250 e. The first-order valence-electron chi connectivity index (χ1n) is 7.23. The van der Waals surface area contributed by atoms with E-state index in [1.54, 1.807) is 26.2 Å². The van der Waals surface area contributed by atoms with Gasteiger partial charge in [-0.05, 0) is 37.3 Å². The fraction of sp³-hybridized carbons (Fsp3) is 0.111. The van der Waals surface area contributed by atoms with E-state index in [2.05, 4.69) is 16.9 Å². The Morgan fingerprint density at radius 3 is 2.79 bits per heavy atom. The second-order valence-electron chi connectivity index (χ2n) is 5.32. The van der Waals surface area contributed by atoms with Crippen molar-refractivity contribution in [3.05, 3.63) is 48.6 Å². The highest BCUT2D eigenvalue weighted by Crippen LogP contribution is 2.37. The fourth-order valence-electron chi connectivity index (χ4n) is 2.17. The number of aromatic nitrogens is 1. The molecular formula is C18H16N2O3S. The van der Waals surface area contributed by atoms with E-state index in [4.69, 9.17) is 4.74 Å². The van der Waals surface area contributed by atoms with Crippen molar-refractivity contribution in [2.75, 3.05) is 12.4 Å². The SMILES string of the molecule is C=C(C)C(=O)Nc1ccc(O)c(-c2nc3cc(OC)ccc3s2)c1. The number of benzene rings is 2. The summed E-state index contributed by atoms with van der Waals surface area (Å²) in [5.41, 5.74) is 2.35. The van der Waals surface area contributed by atoms with Gasteiger partial charge in [-0.3, -0.25) is 4.79 Å². The molecule has 1 amide bonds. The van der Waals surface area contributed by atoms with Crippen LogP contribution in [-0.4, -0.2) is 23.1 Å². The molecule has 0 atom stereocenters. The van der Waals surface area contributed by atoms with Crippen LogP contribution in [0.5, 0.6) is 11.5 Å². The number of hydrogen-bond acceptors (Lipinski definition) is 5. The molecule has 0 aliphatic carbocycles. The van der Waals surface area contributed by atoms with E-state index < -0.39 is 0 Å². The molecular weight excluding hydrogens is 324 g/mol. The quantitative estimate of drug-likeness (QED) is 0.552. The zero-order valence-electron chi connectivity index (χ0n) is 13.3. The van der Waals surface area contributed by atoms with Crippen molar-refractivity contribution in [2.24, 2.45) is 0 Å². The molecule has 0 bridgehead atoms. The van der Waals surface area contributed by atoms with Crippen molar-refractivity contribution in [3.8, 4) is 22.1 Å². The molecule has 3 rings (SSSR count). The summed E-state index contributed by atoms with van der Waals surface area (Å²) in [5.74, 6) is 0.570. The average Bonchev–Trinajstić information content (AvgIpc) is 2.99. The number of thiazole rings is 1.